The minimum atomic E-state index is -4.61. The van der Waals surface area contributed by atoms with Crippen LogP contribution in [-0.2, 0) is 11.0 Å². The van der Waals surface area contributed by atoms with E-state index in [1.54, 1.807) is 16.8 Å². The number of halogens is 4. The van der Waals surface area contributed by atoms with Gasteiger partial charge in [0.1, 0.15) is 11.5 Å². The van der Waals surface area contributed by atoms with Crippen molar-refractivity contribution in [2.75, 3.05) is 32.4 Å². The van der Waals surface area contributed by atoms with Crippen molar-refractivity contribution >= 4 is 23.6 Å². The molecule has 0 radical (unpaired) electrons. The zero-order valence-corrected chi connectivity index (χ0v) is 20.1. The van der Waals surface area contributed by atoms with Gasteiger partial charge in [-0.1, -0.05) is 31.9 Å². The maximum absolute atomic E-state index is 13.4. The van der Waals surface area contributed by atoms with Crippen LogP contribution in [0.5, 0.6) is 0 Å². The highest BCUT2D eigenvalue weighted by Gasteiger charge is 2.39. The molecular weight excluding hydrogens is 456 g/mol. The molecule has 10 heteroatoms. The molecule has 0 spiro atoms. The Morgan fingerprint density at radius 2 is 1.82 bits per heavy atom. The zero-order chi connectivity index (χ0) is 24.2. The Hall–Kier alpha value is -1.81. The molecule has 3 aliphatic rings. The number of amides is 1. The number of hydrogen-bond acceptors (Lipinski definition) is 5. The van der Waals surface area contributed by atoms with Crippen molar-refractivity contribution in [1.82, 2.24) is 14.6 Å². The molecule has 0 saturated carbocycles. The smallest absolute Gasteiger partial charge is 0.337 e. The topological polar surface area (TPSA) is 47.9 Å². The van der Waals surface area contributed by atoms with Gasteiger partial charge in [0.2, 0.25) is 0 Å². The molecule has 3 aliphatic heterocycles. The molecule has 0 aromatic heterocycles. The number of carbonyl (C=O) groups excluding carboxylic acids is 1. The lowest BCUT2D eigenvalue weighted by molar-refractivity contribution is -0.139. The summed E-state index contributed by atoms with van der Waals surface area (Å²) in [4.78, 5) is 14.9. The molecule has 2 unspecified atom stereocenters. The van der Waals surface area contributed by atoms with Crippen LogP contribution in [0.2, 0.25) is 0 Å². The first-order valence-corrected chi connectivity index (χ1v) is 12.7. The minimum Gasteiger partial charge on any atom is -0.337 e. The normalized spacial score (nSPS) is 24.2. The van der Waals surface area contributed by atoms with Crippen molar-refractivity contribution in [1.29, 1.82) is 0 Å². The number of piperidine rings is 1. The van der Waals surface area contributed by atoms with Crippen LogP contribution in [0.1, 0.15) is 56.6 Å². The number of carbonyl (C=O) groups is 1. The molecule has 2 bridgehead atoms. The third-order valence-corrected chi connectivity index (χ3v) is 7.34. The van der Waals surface area contributed by atoms with Crippen LogP contribution < -0.4 is 5.43 Å². The van der Waals surface area contributed by atoms with E-state index >= 15 is 0 Å². The van der Waals surface area contributed by atoms with E-state index in [0.29, 0.717) is 37.7 Å². The maximum Gasteiger partial charge on any atom is 0.416 e. The highest BCUT2D eigenvalue weighted by atomic mass is 32.2. The summed E-state index contributed by atoms with van der Waals surface area (Å²) in [6, 6.07) is 3.14. The Bertz CT molecular complexity index is 855. The maximum atomic E-state index is 13.4. The SMILES string of the molecule is CC.CSN1CCC2CC(C1)C(C(=O)N1CCC(c3ccc(F)cc3C(F)(F)F)CC1)=NN2. The van der Waals surface area contributed by atoms with Crippen LogP contribution >= 0.6 is 11.9 Å². The van der Waals surface area contributed by atoms with Crippen molar-refractivity contribution in [3.05, 3.63) is 35.1 Å². The predicted octanol–water partition coefficient (Wildman–Crippen LogP) is 4.89. The van der Waals surface area contributed by atoms with E-state index < -0.39 is 17.6 Å². The Labute approximate surface area is 197 Å². The van der Waals surface area contributed by atoms with Gasteiger partial charge in [-0.25, -0.2) is 4.39 Å². The molecule has 2 atom stereocenters. The van der Waals surface area contributed by atoms with Crippen molar-refractivity contribution in [3.63, 3.8) is 0 Å². The second-order valence-electron chi connectivity index (χ2n) is 8.41. The number of hydrazone groups is 1. The molecule has 33 heavy (non-hydrogen) atoms. The fourth-order valence-electron chi connectivity index (χ4n) is 4.81. The number of likely N-dealkylation sites (tertiary alicyclic amines) is 1. The van der Waals surface area contributed by atoms with Crippen molar-refractivity contribution in [2.24, 2.45) is 11.0 Å². The summed E-state index contributed by atoms with van der Waals surface area (Å²) >= 11 is 1.67. The van der Waals surface area contributed by atoms with Crippen LogP contribution in [-0.4, -0.2) is 59.3 Å². The number of benzene rings is 1. The summed E-state index contributed by atoms with van der Waals surface area (Å²) in [5.41, 5.74) is 2.83. The van der Waals surface area contributed by atoms with Gasteiger partial charge in [-0.2, -0.15) is 18.3 Å². The molecule has 2 saturated heterocycles. The molecule has 1 aromatic rings. The number of fused-ring (bicyclic) bond motifs is 2. The first-order valence-electron chi connectivity index (χ1n) is 11.5. The van der Waals surface area contributed by atoms with Crippen molar-refractivity contribution < 1.29 is 22.4 Å². The van der Waals surface area contributed by atoms with Gasteiger partial charge >= 0.3 is 6.18 Å². The van der Waals surface area contributed by atoms with Crippen molar-refractivity contribution in [2.45, 2.75) is 57.7 Å². The summed E-state index contributed by atoms with van der Waals surface area (Å²) in [5.74, 6) is -1.33. The zero-order valence-electron chi connectivity index (χ0n) is 19.3. The Balaban J connectivity index is 0.00000149. The van der Waals surface area contributed by atoms with Crippen LogP contribution in [0, 0.1) is 11.7 Å². The van der Waals surface area contributed by atoms with E-state index in [9.17, 15) is 22.4 Å². The van der Waals surface area contributed by atoms with Gasteiger partial charge in [0.05, 0.1) is 5.56 Å². The molecule has 5 nitrogen and oxygen atoms in total. The number of hydrogen-bond donors (Lipinski definition) is 1. The first kappa shape index (κ1) is 25.8. The molecule has 1 aromatic carbocycles. The fraction of sp³-hybridized carbons (Fsp3) is 0.652. The monoisotopic (exact) mass is 488 g/mol. The van der Waals surface area contributed by atoms with Crippen molar-refractivity contribution in [3.8, 4) is 0 Å². The second-order valence-corrected chi connectivity index (χ2v) is 9.29. The van der Waals surface area contributed by atoms with Gasteiger partial charge in [-0.15, -0.1) is 0 Å². The summed E-state index contributed by atoms with van der Waals surface area (Å²) in [5, 5.41) is 4.40. The summed E-state index contributed by atoms with van der Waals surface area (Å²) < 4.78 is 55.8. The molecule has 2 fully saturated rings. The van der Waals surface area contributed by atoms with E-state index in [1.807, 2.05) is 20.1 Å². The Kier molecular flexibility index (Phi) is 8.66. The van der Waals surface area contributed by atoms with Gasteiger partial charge in [0.15, 0.2) is 0 Å². The Morgan fingerprint density at radius 1 is 1.12 bits per heavy atom. The molecule has 4 rings (SSSR count). The number of nitrogens with one attached hydrogen (secondary N) is 1. The minimum absolute atomic E-state index is 0.0559. The predicted molar refractivity (Wildman–Crippen MR) is 123 cm³/mol. The van der Waals surface area contributed by atoms with Crippen LogP contribution in [0.15, 0.2) is 23.3 Å². The summed E-state index contributed by atoms with van der Waals surface area (Å²) in [7, 11) is 0. The third kappa shape index (κ3) is 6.01. The lowest BCUT2D eigenvalue weighted by atomic mass is 9.85. The first-order chi connectivity index (χ1) is 15.8. The average Bonchev–Trinajstić information content (AvgIpc) is 2.98. The van der Waals surface area contributed by atoms with E-state index in [4.69, 9.17) is 0 Å². The lowest BCUT2D eigenvalue weighted by Gasteiger charge is -2.35. The molecule has 1 amide bonds. The fourth-order valence-corrected chi connectivity index (χ4v) is 5.43. The van der Waals surface area contributed by atoms with E-state index in [0.717, 1.165) is 32.0 Å². The third-order valence-electron chi connectivity index (χ3n) is 6.49. The largest absolute Gasteiger partial charge is 0.416 e. The van der Waals surface area contributed by atoms with Gasteiger partial charge in [-0.3, -0.25) is 9.10 Å². The van der Waals surface area contributed by atoms with Gasteiger partial charge in [0.25, 0.3) is 5.91 Å². The molecule has 184 valence electrons. The molecule has 3 heterocycles. The number of nitrogens with zero attached hydrogens (tertiary/aromatic N) is 3. The van der Waals surface area contributed by atoms with Gasteiger partial charge < -0.3 is 10.3 Å². The highest BCUT2D eigenvalue weighted by Crippen LogP contribution is 2.39. The van der Waals surface area contributed by atoms with Crippen LogP contribution in [0.3, 0.4) is 0 Å². The van der Waals surface area contributed by atoms with E-state index in [2.05, 4.69) is 14.8 Å². The Morgan fingerprint density at radius 3 is 2.45 bits per heavy atom. The van der Waals surface area contributed by atoms with E-state index in [1.165, 1.54) is 6.07 Å². The van der Waals surface area contributed by atoms with Crippen LogP contribution in [0.4, 0.5) is 17.6 Å². The number of rotatable bonds is 3. The average molecular weight is 489 g/mol. The van der Waals surface area contributed by atoms with Gasteiger partial charge in [-0.05, 0) is 55.6 Å². The molecule has 1 N–H and O–H groups in total. The molecule has 0 aliphatic carbocycles. The highest BCUT2D eigenvalue weighted by molar-refractivity contribution is 7.96. The molecular formula is C23H32F4N4OS. The van der Waals surface area contributed by atoms with E-state index in [-0.39, 0.29) is 29.3 Å². The standard InChI is InChI=1S/C21H26F4N4OS.C2H6/c1-31-29-9-6-16-10-14(12-29)19(27-26-16)20(30)28-7-4-13(5-8-28)17-3-2-15(22)11-18(17)21(23,24)25;1-2/h2-3,11,13-14,16,26H,4-10,12H2,1H3;1-2H3. The second kappa shape index (κ2) is 11.1. The number of alkyl halides is 3. The quantitative estimate of drug-likeness (QED) is 0.486. The summed E-state index contributed by atoms with van der Waals surface area (Å²) in [6.45, 7) is 6.43. The lowest BCUT2D eigenvalue weighted by Crippen LogP contribution is -2.48. The summed E-state index contributed by atoms with van der Waals surface area (Å²) in [6.07, 6.45) is 0.0785. The van der Waals surface area contributed by atoms with Crippen LogP contribution in [0.25, 0.3) is 0 Å². The van der Waals surface area contributed by atoms with Gasteiger partial charge in [0, 0.05) is 38.1 Å².